The van der Waals surface area contributed by atoms with Crippen molar-refractivity contribution in [2.24, 2.45) is 5.92 Å². The Morgan fingerprint density at radius 3 is 2.67 bits per heavy atom. The molecule has 7 heteroatoms. The van der Waals surface area contributed by atoms with Crippen LogP contribution >= 0.6 is 0 Å². The van der Waals surface area contributed by atoms with Gasteiger partial charge in [-0.3, -0.25) is 9.59 Å². The second-order valence-electron chi connectivity index (χ2n) is 4.89. The van der Waals surface area contributed by atoms with Crippen LogP contribution in [0.5, 0.6) is 0 Å². The number of nitrogens with one attached hydrogen (secondary N) is 1. The van der Waals surface area contributed by atoms with Gasteiger partial charge in [0, 0.05) is 25.6 Å². The fourth-order valence-electron chi connectivity index (χ4n) is 2.63. The van der Waals surface area contributed by atoms with Crippen LogP contribution in [-0.2, 0) is 19.4 Å². The Bertz CT molecular complexity index is 460. The summed E-state index contributed by atoms with van der Waals surface area (Å²) in [5.74, 6) is -0.327. The highest BCUT2D eigenvalue weighted by atomic mass is 32.2. The first-order valence-electron chi connectivity index (χ1n) is 6.20. The third-order valence-electron chi connectivity index (χ3n) is 3.60. The normalized spacial score (nSPS) is 30.2. The molecule has 2 saturated heterocycles. The maximum Gasteiger partial charge on any atom is 0.228 e. The van der Waals surface area contributed by atoms with Crippen LogP contribution in [0, 0.1) is 5.92 Å². The van der Waals surface area contributed by atoms with Crippen LogP contribution in [0.1, 0.15) is 19.8 Å². The molecule has 0 aromatic carbocycles. The highest BCUT2D eigenvalue weighted by Gasteiger charge is 2.38. The largest absolute Gasteiger partial charge is 0.355 e. The lowest BCUT2D eigenvalue weighted by molar-refractivity contribution is -0.137. The fraction of sp³-hybridized carbons (Fsp3) is 0.818. The summed E-state index contributed by atoms with van der Waals surface area (Å²) in [6, 6.07) is -0.219. The first-order valence-corrected chi connectivity index (χ1v) is 8.02. The molecule has 102 valence electrons. The van der Waals surface area contributed by atoms with Crippen LogP contribution in [0.3, 0.4) is 0 Å². The molecule has 2 amide bonds. The van der Waals surface area contributed by atoms with Gasteiger partial charge in [0.1, 0.15) is 0 Å². The second-order valence-corrected chi connectivity index (χ2v) is 7.11. The summed E-state index contributed by atoms with van der Waals surface area (Å²) in [4.78, 5) is 25.0. The quantitative estimate of drug-likeness (QED) is 0.727. The molecule has 0 aromatic heterocycles. The smallest absolute Gasteiger partial charge is 0.228 e. The first kappa shape index (κ1) is 13.3. The summed E-state index contributed by atoms with van der Waals surface area (Å²) in [7, 11) is -2.99. The van der Waals surface area contributed by atoms with Crippen molar-refractivity contribution in [2.45, 2.75) is 25.8 Å². The third kappa shape index (κ3) is 2.66. The zero-order valence-corrected chi connectivity index (χ0v) is 11.2. The van der Waals surface area contributed by atoms with E-state index in [9.17, 15) is 18.0 Å². The van der Waals surface area contributed by atoms with Crippen molar-refractivity contribution in [1.82, 2.24) is 10.2 Å². The number of carbonyl (C=O) groups is 2. The van der Waals surface area contributed by atoms with Crippen LogP contribution in [0.2, 0.25) is 0 Å². The Morgan fingerprint density at radius 2 is 2.22 bits per heavy atom. The summed E-state index contributed by atoms with van der Waals surface area (Å²) in [6.45, 7) is 2.70. The lowest BCUT2D eigenvalue weighted by Gasteiger charge is -2.28. The van der Waals surface area contributed by atoms with Gasteiger partial charge in [-0.1, -0.05) is 0 Å². The number of sulfone groups is 1. The van der Waals surface area contributed by atoms with Gasteiger partial charge in [-0.2, -0.15) is 0 Å². The van der Waals surface area contributed by atoms with E-state index < -0.39 is 9.84 Å². The maximum absolute atomic E-state index is 12.3. The Labute approximate surface area is 107 Å². The number of nitrogens with zero attached hydrogens (tertiary/aromatic N) is 1. The third-order valence-corrected chi connectivity index (χ3v) is 5.35. The molecule has 0 spiro atoms. The van der Waals surface area contributed by atoms with Gasteiger partial charge in [-0.05, 0) is 13.3 Å². The molecule has 0 aromatic rings. The van der Waals surface area contributed by atoms with Crippen LogP contribution in [0.15, 0.2) is 0 Å². The molecule has 0 bridgehead atoms. The zero-order valence-electron chi connectivity index (χ0n) is 10.4. The van der Waals surface area contributed by atoms with Gasteiger partial charge >= 0.3 is 0 Å². The summed E-state index contributed by atoms with van der Waals surface area (Å²) < 4.78 is 22.9. The standard InChI is InChI=1S/C11H18N2O4S/c1-2-13(9-3-4-18(16,17)7-9)11(15)8-5-10(14)12-6-8/h8-9H,2-7H2,1H3,(H,12,14). The van der Waals surface area contributed by atoms with Crippen molar-refractivity contribution in [2.75, 3.05) is 24.6 Å². The van der Waals surface area contributed by atoms with E-state index in [0.717, 1.165) is 0 Å². The van der Waals surface area contributed by atoms with Gasteiger partial charge in [-0.25, -0.2) is 8.42 Å². The molecule has 2 atom stereocenters. The highest BCUT2D eigenvalue weighted by Crippen LogP contribution is 2.21. The van der Waals surface area contributed by atoms with Gasteiger partial charge in [0.05, 0.1) is 17.4 Å². The van der Waals surface area contributed by atoms with E-state index in [1.54, 1.807) is 4.90 Å². The first-order chi connectivity index (χ1) is 8.43. The molecule has 18 heavy (non-hydrogen) atoms. The van der Waals surface area contributed by atoms with Gasteiger partial charge < -0.3 is 10.2 Å². The van der Waals surface area contributed by atoms with E-state index in [4.69, 9.17) is 0 Å². The highest BCUT2D eigenvalue weighted by molar-refractivity contribution is 7.91. The molecule has 1 N–H and O–H groups in total. The van der Waals surface area contributed by atoms with E-state index >= 15 is 0 Å². The van der Waals surface area contributed by atoms with Crippen LogP contribution in [-0.4, -0.2) is 55.8 Å². The molecule has 0 aliphatic carbocycles. The minimum absolute atomic E-state index is 0.0562. The van der Waals surface area contributed by atoms with Crippen molar-refractivity contribution in [3.8, 4) is 0 Å². The molecule has 2 fully saturated rings. The Morgan fingerprint density at radius 1 is 1.50 bits per heavy atom. The van der Waals surface area contributed by atoms with Gasteiger partial charge in [-0.15, -0.1) is 0 Å². The van der Waals surface area contributed by atoms with E-state index in [1.807, 2.05) is 6.92 Å². The summed E-state index contributed by atoms with van der Waals surface area (Å²) in [6.07, 6.45) is 0.727. The van der Waals surface area contributed by atoms with E-state index in [2.05, 4.69) is 5.32 Å². The van der Waals surface area contributed by atoms with Crippen molar-refractivity contribution in [3.05, 3.63) is 0 Å². The van der Waals surface area contributed by atoms with Gasteiger partial charge in [0.25, 0.3) is 0 Å². The average Bonchev–Trinajstić information content (AvgIpc) is 2.86. The monoisotopic (exact) mass is 274 g/mol. The Hall–Kier alpha value is -1.11. The van der Waals surface area contributed by atoms with Crippen molar-refractivity contribution < 1.29 is 18.0 Å². The number of carbonyl (C=O) groups excluding carboxylic acids is 2. The molecule has 0 radical (unpaired) electrons. The van der Waals surface area contributed by atoms with E-state index in [0.29, 0.717) is 19.5 Å². The number of hydrogen-bond donors (Lipinski definition) is 1. The van der Waals surface area contributed by atoms with Gasteiger partial charge in [0.15, 0.2) is 9.84 Å². The summed E-state index contributed by atoms with van der Waals surface area (Å²) in [5.41, 5.74) is 0. The van der Waals surface area contributed by atoms with Crippen LogP contribution in [0.4, 0.5) is 0 Å². The zero-order chi connectivity index (χ0) is 13.3. The fourth-order valence-corrected chi connectivity index (χ4v) is 4.36. The van der Waals surface area contributed by atoms with E-state index in [-0.39, 0.29) is 41.7 Å². The lowest BCUT2D eigenvalue weighted by Crippen LogP contribution is -2.44. The van der Waals surface area contributed by atoms with Crippen molar-refractivity contribution >= 4 is 21.7 Å². The predicted molar refractivity (Wildman–Crippen MR) is 65.6 cm³/mol. The summed E-state index contributed by atoms with van der Waals surface area (Å²) >= 11 is 0. The minimum atomic E-state index is -2.99. The maximum atomic E-state index is 12.3. The number of hydrogen-bond acceptors (Lipinski definition) is 4. The minimum Gasteiger partial charge on any atom is -0.355 e. The predicted octanol–water partition coefficient (Wildman–Crippen LogP) is -0.842. The molecule has 2 aliphatic heterocycles. The molecule has 2 aliphatic rings. The Balaban J connectivity index is 2.05. The Kier molecular flexibility index (Phi) is 3.61. The SMILES string of the molecule is CCN(C(=O)C1CNC(=O)C1)C1CCS(=O)(=O)C1. The lowest BCUT2D eigenvalue weighted by atomic mass is 10.1. The van der Waals surface area contributed by atoms with Crippen LogP contribution < -0.4 is 5.32 Å². The molecule has 6 nitrogen and oxygen atoms in total. The molecular formula is C11H18N2O4S. The topological polar surface area (TPSA) is 83.6 Å². The molecule has 0 saturated carbocycles. The van der Waals surface area contributed by atoms with E-state index in [1.165, 1.54) is 0 Å². The number of rotatable bonds is 3. The summed E-state index contributed by atoms with van der Waals surface area (Å²) in [5, 5.41) is 2.63. The molecule has 2 unspecified atom stereocenters. The molecule has 2 heterocycles. The van der Waals surface area contributed by atoms with Crippen molar-refractivity contribution in [1.29, 1.82) is 0 Å². The van der Waals surface area contributed by atoms with Gasteiger partial charge in [0.2, 0.25) is 11.8 Å². The van der Waals surface area contributed by atoms with Crippen LogP contribution in [0.25, 0.3) is 0 Å². The second kappa shape index (κ2) is 4.87. The molecule has 2 rings (SSSR count). The average molecular weight is 274 g/mol. The number of amides is 2. The molecular weight excluding hydrogens is 256 g/mol. The van der Waals surface area contributed by atoms with Crippen molar-refractivity contribution in [3.63, 3.8) is 0 Å².